The van der Waals surface area contributed by atoms with Crippen LogP contribution in [0.5, 0.6) is 0 Å². The van der Waals surface area contributed by atoms with Crippen LogP contribution < -0.4 is 10.9 Å². The minimum atomic E-state index is -0.466. The van der Waals surface area contributed by atoms with Gasteiger partial charge in [0, 0.05) is 18.2 Å². The van der Waals surface area contributed by atoms with E-state index in [0.717, 1.165) is 6.07 Å². The van der Waals surface area contributed by atoms with E-state index in [9.17, 15) is 14.0 Å². The second kappa shape index (κ2) is 4.65. The highest BCUT2D eigenvalue weighted by molar-refractivity contribution is 5.91. The minimum absolute atomic E-state index is 0.0682. The molecule has 17 heavy (non-hydrogen) atoms. The number of aromatic amines is 2. The van der Waals surface area contributed by atoms with E-state index in [4.69, 9.17) is 0 Å². The number of nitrogens with one attached hydrogen (secondary N) is 3. The van der Waals surface area contributed by atoms with Gasteiger partial charge in [0.1, 0.15) is 11.5 Å². The van der Waals surface area contributed by atoms with E-state index in [1.54, 1.807) is 18.2 Å². The largest absolute Gasteiger partial charge is 0.347 e. The van der Waals surface area contributed by atoms with Crippen molar-refractivity contribution in [2.24, 2.45) is 0 Å². The molecule has 0 saturated carbocycles. The Hall–Kier alpha value is -2.37. The third-order valence-electron chi connectivity index (χ3n) is 2.24. The van der Waals surface area contributed by atoms with Crippen molar-refractivity contribution in [3.8, 4) is 0 Å². The first-order valence-electron chi connectivity index (χ1n) is 4.96. The predicted molar refractivity (Wildman–Crippen MR) is 59.0 cm³/mol. The van der Waals surface area contributed by atoms with Crippen molar-refractivity contribution in [1.82, 2.24) is 15.5 Å². The molecule has 0 spiro atoms. The summed E-state index contributed by atoms with van der Waals surface area (Å²) >= 11 is 0. The molecule has 1 aromatic heterocycles. The smallest absolute Gasteiger partial charge is 0.269 e. The summed E-state index contributed by atoms with van der Waals surface area (Å²) in [5.41, 5.74) is 0.117. The van der Waals surface area contributed by atoms with E-state index in [1.807, 2.05) is 0 Å². The average molecular weight is 235 g/mol. The van der Waals surface area contributed by atoms with Crippen LogP contribution in [0, 0.1) is 5.82 Å². The SMILES string of the molecule is O=C(NCc1ccccc1F)c1cc(=O)[nH][nH]1. The lowest BCUT2D eigenvalue weighted by Gasteiger charge is -2.04. The Labute approximate surface area is 95.7 Å². The summed E-state index contributed by atoms with van der Waals surface area (Å²) in [6.07, 6.45) is 0. The van der Waals surface area contributed by atoms with Crippen LogP contribution in [0.25, 0.3) is 0 Å². The highest BCUT2D eigenvalue weighted by Crippen LogP contribution is 2.05. The van der Waals surface area contributed by atoms with Crippen LogP contribution in [0.3, 0.4) is 0 Å². The number of halogens is 1. The van der Waals surface area contributed by atoms with Crippen LogP contribution in [-0.4, -0.2) is 16.1 Å². The summed E-state index contributed by atoms with van der Waals surface area (Å²) in [6, 6.07) is 7.29. The first-order valence-corrected chi connectivity index (χ1v) is 4.96. The zero-order valence-electron chi connectivity index (χ0n) is 8.79. The van der Waals surface area contributed by atoms with Crippen molar-refractivity contribution in [2.75, 3.05) is 0 Å². The van der Waals surface area contributed by atoms with E-state index >= 15 is 0 Å². The fraction of sp³-hybridized carbons (Fsp3) is 0.0909. The molecule has 0 radical (unpaired) electrons. The van der Waals surface area contributed by atoms with E-state index in [2.05, 4.69) is 15.5 Å². The molecule has 1 amide bonds. The van der Waals surface area contributed by atoms with Crippen LogP contribution in [0.15, 0.2) is 35.1 Å². The lowest BCUT2D eigenvalue weighted by atomic mass is 10.2. The second-order valence-corrected chi connectivity index (χ2v) is 3.45. The monoisotopic (exact) mass is 235 g/mol. The molecule has 0 unspecified atom stereocenters. The fourth-order valence-corrected chi connectivity index (χ4v) is 1.37. The van der Waals surface area contributed by atoms with Gasteiger partial charge in [0.05, 0.1) is 0 Å². The van der Waals surface area contributed by atoms with Crippen LogP contribution in [0.4, 0.5) is 4.39 Å². The van der Waals surface area contributed by atoms with Crippen molar-refractivity contribution in [3.05, 3.63) is 57.8 Å². The van der Waals surface area contributed by atoms with Gasteiger partial charge >= 0.3 is 0 Å². The minimum Gasteiger partial charge on any atom is -0.347 e. The molecule has 0 bridgehead atoms. The molecule has 2 rings (SSSR count). The molecular formula is C11H10FN3O2. The van der Waals surface area contributed by atoms with E-state index in [0.29, 0.717) is 5.56 Å². The summed E-state index contributed by atoms with van der Waals surface area (Å²) in [7, 11) is 0. The van der Waals surface area contributed by atoms with Gasteiger partial charge in [0.2, 0.25) is 0 Å². The van der Waals surface area contributed by atoms with E-state index < -0.39 is 5.91 Å². The topological polar surface area (TPSA) is 77.8 Å². The summed E-state index contributed by atoms with van der Waals surface area (Å²) < 4.78 is 13.2. The molecule has 0 saturated heterocycles. The predicted octanol–water partition coefficient (Wildman–Crippen LogP) is 0.772. The number of rotatable bonds is 3. The van der Waals surface area contributed by atoms with Gasteiger partial charge in [-0.05, 0) is 6.07 Å². The quantitative estimate of drug-likeness (QED) is 0.734. The van der Waals surface area contributed by atoms with Gasteiger partial charge < -0.3 is 5.32 Å². The maximum atomic E-state index is 13.2. The van der Waals surface area contributed by atoms with Crippen LogP contribution in [0.2, 0.25) is 0 Å². The van der Waals surface area contributed by atoms with Crippen molar-refractivity contribution < 1.29 is 9.18 Å². The molecule has 3 N–H and O–H groups in total. The molecule has 88 valence electrons. The van der Waals surface area contributed by atoms with Crippen LogP contribution in [-0.2, 0) is 6.54 Å². The standard InChI is InChI=1S/C11H10FN3O2/c12-8-4-2-1-3-7(8)6-13-11(17)9-5-10(16)15-14-9/h1-5H,6H2,(H,13,17)(H2,14,15,16). The number of carbonyl (C=O) groups excluding carboxylic acids is 1. The average Bonchev–Trinajstić information content (AvgIpc) is 2.74. The Balaban J connectivity index is 2.02. The number of H-pyrrole nitrogens is 2. The zero-order valence-corrected chi connectivity index (χ0v) is 8.79. The van der Waals surface area contributed by atoms with Gasteiger partial charge in [-0.1, -0.05) is 18.2 Å². The molecular weight excluding hydrogens is 225 g/mol. The van der Waals surface area contributed by atoms with Crippen molar-refractivity contribution in [2.45, 2.75) is 6.54 Å². The lowest BCUT2D eigenvalue weighted by Crippen LogP contribution is -2.23. The zero-order chi connectivity index (χ0) is 12.3. The number of hydrogen-bond donors (Lipinski definition) is 3. The van der Waals surface area contributed by atoms with E-state index in [-0.39, 0.29) is 23.6 Å². The highest BCUT2D eigenvalue weighted by Gasteiger charge is 2.08. The first-order chi connectivity index (χ1) is 8.16. The van der Waals surface area contributed by atoms with E-state index in [1.165, 1.54) is 6.07 Å². The molecule has 5 nitrogen and oxygen atoms in total. The molecule has 0 fully saturated rings. The number of hydrogen-bond acceptors (Lipinski definition) is 2. The summed E-state index contributed by atoms with van der Waals surface area (Å²) in [5, 5.41) is 7.16. The summed E-state index contributed by atoms with van der Waals surface area (Å²) in [6.45, 7) is 0.0682. The van der Waals surface area contributed by atoms with Gasteiger partial charge in [0.25, 0.3) is 11.5 Å². The fourth-order valence-electron chi connectivity index (χ4n) is 1.37. The Morgan fingerprint density at radius 1 is 1.29 bits per heavy atom. The third kappa shape index (κ3) is 2.60. The molecule has 0 aliphatic heterocycles. The third-order valence-corrected chi connectivity index (χ3v) is 2.24. The highest BCUT2D eigenvalue weighted by atomic mass is 19.1. The Bertz CT molecular complexity index is 588. The van der Waals surface area contributed by atoms with Crippen molar-refractivity contribution in [1.29, 1.82) is 0 Å². The first kappa shape index (κ1) is 11.1. The number of aromatic nitrogens is 2. The normalized spacial score (nSPS) is 10.2. The maximum Gasteiger partial charge on any atom is 0.269 e. The molecule has 0 aliphatic carbocycles. The molecule has 1 heterocycles. The number of amides is 1. The Morgan fingerprint density at radius 2 is 2.06 bits per heavy atom. The molecule has 6 heteroatoms. The van der Waals surface area contributed by atoms with Crippen LogP contribution >= 0.6 is 0 Å². The van der Waals surface area contributed by atoms with Gasteiger partial charge in [-0.2, -0.15) is 0 Å². The Kier molecular flexibility index (Phi) is 3.04. The lowest BCUT2D eigenvalue weighted by molar-refractivity contribution is 0.0945. The van der Waals surface area contributed by atoms with Gasteiger partial charge in [-0.25, -0.2) is 4.39 Å². The van der Waals surface area contributed by atoms with Crippen LogP contribution in [0.1, 0.15) is 16.1 Å². The van der Waals surface area contributed by atoms with Crippen molar-refractivity contribution >= 4 is 5.91 Å². The summed E-state index contributed by atoms with van der Waals surface area (Å²) in [5.74, 6) is -0.845. The number of carbonyl (C=O) groups is 1. The summed E-state index contributed by atoms with van der Waals surface area (Å²) in [4.78, 5) is 22.3. The Morgan fingerprint density at radius 3 is 2.71 bits per heavy atom. The molecule has 1 aromatic carbocycles. The second-order valence-electron chi connectivity index (χ2n) is 3.45. The van der Waals surface area contributed by atoms with Gasteiger partial charge in [-0.15, -0.1) is 0 Å². The van der Waals surface area contributed by atoms with Gasteiger partial charge in [-0.3, -0.25) is 19.8 Å². The van der Waals surface area contributed by atoms with Gasteiger partial charge in [0.15, 0.2) is 0 Å². The number of benzene rings is 1. The van der Waals surface area contributed by atoms with Crippen molar-refractivity contribution in [3.63, 3.8) is 0 Å². The maximum absolute atomic E-state index is 13.2. The molecule has 2 aromatic rings. The molecule has 0 aliphatic rings. The molecule has 0 atom stereocenters.